The predicted molar refractivity (Wildman–Crippen MR) is 95.6 cm³/mol. The van der Waals surface area contributed by atoms with Gasteiger partial charge in [-0.1, -0.05) is 12.1 Å². The maximum absolute atomic E-state index is 14.2. The van der Waals surface area contributed by atoms with E-state index in [1.54, 1.807) is 49.1 Å². The molecule has 2 aromatic rings. The van der Waals surface area contributed by atoms with E-state index in [4.69, 9.17) is 0 Å². The fourth-order valence-corrected chi connectivity index (χ4v) is 2.48. The molecule has 2 rings (SSSR count). The number of carbonyl (C=O) groups excluding carboxylic acids is 2. The van der Waals surface area contributed by atoms with E-state index in [1.165, 1.54) is 23.9 Å². The smallest absolute Gasteiger partial charge is 0.265 e. The van der Waals surface area contributed by atoms with Crippen LogP contribution in [0, 0.1) is 0 Å². The lowest BCUT2D eigenvalue weighted by molar-refractivity contribution is -0.145. The van der Waals surface area contributed by atoms with Gasteiger partial charge >= 0.3 is 0 Å². The molecular formula is C19H22F2N4O2. The minimum absolute atomic E-state index is 0.178. The zero-order valence-electron chi connectivity index (χ0n) is 15.3. The van der Waals surface area contributed by atoms with Crippen LogP contribution in [-0.4, -0.2) is 51.6 Å². The van der Waals surface area contributed by atoms with E-state index in [0.29, 0.717) is 0 Å². The van der Waals surface area contributed by atoms with Gasteiger partial charge in [-0.2, -0.15) is 0 Å². The first-order valence-electron chi connectivity index (χ1n) is 8.40. The van der Waals surface area contributed by atoms with E-state index in [-0.39, 0.29) is 13.1 Å². The van der Waals surface area contributed by atoms with Crippen molar-refractivity contribution in [2.75, 3.05) is 14.1 Å². The second kappa shape index (κ2) is 9.16. The minimum Gasteiger partial charge on any atom is -0.341 e. The molecule has 27 heavy (non-hydrogen) atoms. The van der Waals surface area contributed by atoms with Crippen molar-refractivity contribution in [2.45, 2.75) is 31.9 Å². The number of hydrogen-bond acceptors (Lipinski definition) is 4. The Balaban J connectivity index is 1.87. The van der Waals surface area contributed by atoms with E-state index in [0.717, 1.165) is 11.1 Å². The number of hydrogen-bond donors (Lipinski definition) is 0. The van der Waals surface area contributed by atoms with Crippen molar-refractivity contribution in [1.29, 1.82) is 0 Å². The third-order valence-electron chi connectivity index (χ3n) is 3.96. The third kappa shape index (κ3) is 6.73. The molecule has 0 aliphatic carbocycles. The van der Waals surface area contributed by atoms with Crippen LogP contribution in [0.5, 0.6) is 0 Å². The van der Waals surface area contributed by atoms with Gasteiger partial charge in [0.1, 0.15) is 0 Å². The van der Waals surface area contributed by atoms with Crippen molar-refractivity contribution in [1.82, 2.24) is 19.8 Å². The topological polar surface area (TPSA) is 66.4 Å². The Hall–Kier alpha value is -2.90. The summed E-state index contributed by atoms with van der Waals surface area (Å²) in [5.74, 6) is -4.88. The monoisotopic (exact) mass is 376 g/mol. The van der Waals surface area contributed by atoms with Gasteiger partial charge in [-0.15, -0.1) is 0 Å². The molecule has 8 heteroatoms. The molecule has 2 amide bonds. The number of alkyl halides is 2. The second-order valence-electron chi connectivity index (χ2n) is 6.43. The number of pyridine rings is 2. The lowest BCUT2D eigenvalue weighted by atomic mass is 10.1. The highest BCUT2D eigenvalue weighted by Crippen LogP contribution is 2.25. The summed E-state index contributed by atoms with van der Waals surface area (Å²) in [6.07, 6.45) is 4.28. The Morgan fingerprint density at radius 1 is 0.889 bits per heavy atom. The summed E-state index contributed by atoms with van der Waals surface area (Å²) in [7, 11) is 2.89. The zero-order valence-corrected chi connectivity index (χ0v) is 15.3. The van der Waals surface area contributed by atoms with Gasteiger partial charge in [0.25, 0.3) is 5.92 Å². The molecule has 0 fully saturated rings. The molecular weight excluding hydrogens is 354 g/mol. The van der Waals surface area contributed by atoms with E-state index in [2.05, 4.69) is 9.97 Å². The zero-order chi connectivity index (χ0) is 19.9. The number of rotatable bonds is 8. The van der Waals surface area contributed by atoms with Crippen LogP contribution in [0.2, 0.25) is 0 Å². The fraction of sp³-hybridized carbons (Fsp3) is 0.368. The quantitative estimate of drug-likeness (QED) is 0.710. The first-order valence-corrected chi connectivity index (χ1v) is 8.40. The highest BCUT2D eigenvalue weighted by atomic mass is 19.3. The number of aromatic nitrogens is 2. The van der Waals surface area contributed by atoms with E-state index >= 15 is 0 Å². The predicted octanol–water partition coefficient (Wildman–Crippen LogP) is 2.51. The Morgan fingerprint density at radius 3 is 1.63 bits per heavy atom. The third-order valence-corrected chi connectivity index (χ3v) is 3.96. The van der Waals surface area contributed by atoms with Crippen LogP contribution in [0.4, 0.5) is 8.78 Å². The molecule has 6 nitrogen and oxygen atoms in total. The first-order chi connectivity index (χ1) is 12.8. The largest absolute Gasteiger partial charge is 0.341 e. The number of carbonyl (C=O) groups is 2. The van der Waals surface area contributed by atoms with Crippen LogP contribution >= 0.6 is 0 Å². The molecule has 0 bridgehead atoms. The minimum atomic E-state index is -3.42. The normalized spacial score (nSPS) is 11.1. The summed E-state index contributed by atoms with van der Waals surface area (Å²) >= 11 is 0. The van der Waals surface area contributed by atoms with Crippen LogP contribution in [0.3, 0.4) is 0 Å². The molecule has 0 radical (unpaired) electrons. The van der Waals surface area contributed by atoms with Gasteiger partial charge in [-0.25, -0.2) is 8.78 Å². The van der Waals surface area contributed by atoms with Crippen LogP contribution in [0.1, 0.15) is 24.0 Å². The Kier molecular flexibility index (Phi) is 6.92. The molecule has 0 saturated heterocycles. The second-order valence-corrected chi connectivity index (χ2v) is 6.43. The summed E-state index contributed by atoms with van der Waals surface area (Å²) in [4.78, 5) is 34.4. The maximum atomic E-state index is 14.2. The Morgan fingerprint density at radius 2 is 1.30 bits per heavy atom. The fourth-order valence-electron chi connectivity index (χ4n) is 2.48. The van der Waals surface area contributed by atoms with Gasteiger partial charge in [0.15, 0.2) is 0 Å². The Labute approximate surface area is 156 Å². The van der Waals surface area contributed by atoms with Crippen molar-refractivity contribution in [3.05, 3.63) is 60.2 Å². The number of amides is 2. The molecule has 0 aromatic carbocycles. The van der Waals surface area contributed by atoms with Gasteiger partial charge < -0.3 is 9.80 Å². The van der Waals surface area contributed by atoms with Gasteiger partial charge in [-0.05, 0) is 23.3 Å². The van der Waals surface area contributed by atoms with Crippen LogP contribution in [0.25, 0.3) is 0 Å². The highest BCUT2D eigenvalue weighted by Gasteiger charge is 2.37. The highest BCUT2D eigenvalue weighted by molar-refractivity contribution is 5.80. The van der Waals surface area contributed by atoms with Crippen molar-refractivity contribution >= 4 is 11.8 Å². The van der Waals surface area contributed by atoms with Gasteiger partial charge in [0.2, 0.25) is 11.8 Å². The molecule has 2 heterocycles. The van der Waals surface area contributed by atoms with E-state index in [9.17, 15) is 18.4 Å². The van der Waals surface area contributed by atoms with E-state index < -0.39 is 30.6 Å². The molecule has 0 unspecified atom stereocenters. The molecule has 144 valence electrons. The first kappa shape index (κ1) is 20.4. The summed E-state index contributed by atoms with van der Waals surface area (Å²) in [5, 5.41) is 0. The van der Waals surface area contributed by atoms with Crippen molar-refractivity contribution in [3.8, 4) is 0 Å². The molecule has 0 N–H and O–H groups in total. The standard InChI is InChI=1S/C19H22F2N4O2/c1-24(13-15-5-3-7-22-11-15)17(26)9-19(20,21)10-18(27)25(2)14-16-6-4-8-23-12-16/h3-8,11-12H,9-10,13-14H2,1-2H3. The lowest BCUT2D eigenvalue weighted by Crippen LogP contribution is -2.37. The SMILES string of the molecule is CN(Cc1cccnc1)C(=O)CC(F)(F)CC(=O)N(C)Cc1cccnc1. The van der Waals surface area contributed by atoms with Crippen LogP contribution < -0.4 is 0 Å². The number of halogens is 2. The molecule has 0 spiro atoms. The van der Waals surface area contributed by atoms with Crippen molar-refractivity contribution in [2.24, 2.45) is 0 Å². The summed E-state index contributed by atoms with van der Waals surface area (Å²) in [5.41, 5.74) is 1.48. The summed E-state index contributed by atoms with van der Waals surface area (Å²) < 4.78 is 28.4. The van der Waals surface area contributed by atoms with Gasteiger partial charge in [0.05, 0.1) is 12.8 Å². The molecule has 0 saturated carbocycles. The molecule has 0 aliphatic rings. The van der Waals surface area contributed by atoms with Crippen molar-refractivity contribution in [3.63, 3.8) is 0 Å². The number of nitrogens with zero attached hydrogens (tertiary/aromatic N) is 4. The van der Waals surface area contributed by atoms with Crippen LogP contribution in [0.15, 0.2) is 49.1 Å². The molecule has 2 aromatic heterocycles. The summed E-state index contributed by atoms with van der Waals surface area (Å²) in [6, 6.07) is 6.93. The van der Waals surface area contributed by atoms with Gasteiger partial charge in [0, 0.05) is 52.0 Å². The van der Waals surface area contributed by atoms with Crippen molar-refractivity contribution < 1.29 is 18.4 Å². The Bertz CT molecular complexity index is 693. The average molecular weight is 376 g/mol. The molecule has 0 aliphatic heterocycles. The molecule has 0 atom stereocenters. The maximum Gasteiger partial charge on any atom is 0.265 e. The average Bonchev–Trinajstić information content (AvgIpc) is 2.62. The van der Waals surface area contributed by atoms with Crippen LogP contribution in [-0.2, 0) is 22.7 Å². The lowest BCUT2D eigenvalue weighted by Gasteiger charge is -2.23. The van der Waals surface area contributed by atoms with Gasteiger partial charge in [-0.3, -0.25) is 19.6 Å². The summed E-state index contributed by atoms with van der Waals surface area (Å²) in [6.45, 7) is 0.356. The van der Waals surface area contributed by atoms with E-state index in [1.807, 2.05) is 0 Å².